The number of hydrogen-bond acceptors (Lipinski definition) is 4. The predicted octanol–water partition coefficient (Wildman–Crippen LogP) is 2.36. The number of amides is 1. The lowest BCUT2D eigenvalue weighted by Gasteiger charge is -2.09. The number of methoxy groups -OCH3 is 1. The van der Waals surface area contributed by atoms with Crippen molar-refractivity contribution in [3.8, 4) is 17.1 Å². The highest BCUT2D eigenvalue weighted by Gasteiger charge is 2.30. The van der Waals surface area contributed by atoms with E-state index in [1.807, 2.05) is 24.3 Å². The van der Waals surface area contributed by atoms with Crippen molar-refractivity contribution in [2.75, 3.05) is 13.7 Å². The molecule has 1 N–H and O–H groups in total. The summed E-state index contributed by atoms with van der Waals surface area (Å²) in [6, 6.07) is 7.82. The summed E-state index contributed by atoms with van der Waals surface area (Å²) in [6.07, 6.45) is 6.23. The summed E-state index contributed by atoms with van der Waals surface area (Å²) >= 11 is 0. The Bertz CT molecular complexity index is 858. The number of carbonyl (C=O) groups excluding carboxylic acids is 1. The van der Waals surface area contributed by atoms with Crippen LogP contribution in [-0.2, 0) is 11.3 Å². The maximum Gasteiger partial charge on any atom is 0.346 e. The lowest BCUT2D eigenvalue weighted by Crippen LogP contribution is -2.34. The first kappa shape index (κ1) is 17.8. The van der Waals surface area contributed by atoms with E-state index in [0.717, 1.165) is 49.8 Å². The minimum atomic E-state index is -0.0987. The van der Waals surface area contributed by atoms with Crippen molar-refractivity contribution >= 4 is 5.91 Å². The van der Waals surface area contributed by atoms with Crippen LogP contribution in [0.5, 0.6) is 5.75 Å². The molecule has 2 saturated carbocycles. The zero-order chi connectivity index (χ0) is 18.8. The van der Waals surface area contributed by atoms with Gasteiger partial charge < -0.3 is 10.1 Å². The molecule has 0 saturated heterocycles. The van der Waals surface area contributed by atoms with E-state index in [4.69, 9.17) is 4.74 Å². The van der Waals surface area contributed by atoms with E-state index < -0.39 is 0 Å². The van der Waals surface area contributed by atoms with Gasteiger partial charge in [0.25, 0.3) is 0 Å². The Hall–Kier alpha value is -2.57. The molecule has 7 heteroatoms. The third kappa shape index (κ3) is 3.77. The number of benzene rings is 1. The molecule has 0 radical (unpaired) electrons. The average molecular weight is 370 g/mol. The third-order valence-corrected chi connectivity index (χ3v) is 5.48. The van der Waals surface area contributed by atoms with Crippen molar-refractivity contribution in [1.29, 1.82) is 0 Å². The molecule has 0 spiro atoms. The van der Waals surface area contributed by atoms with Gasteiger partial charge in [-0.3, -0.25) is 9.36 Å². The highest BCUT2D eigenvalue weighted by Crippen LogP contribution is 2.36. The summed E-state index contributed by atoms with van der Waals surface area (Å²) in [7, 11) is 1.63. The Kier molecular flexibility index (Phi) is 5.01. The standard InChI is InChI=1S/C20H26N4O3/c1-27-17-10-6-14(7-11-17)18-22-23(20(26)24(18)16-8-9-16)13-12-21-19(25)15-4-2-3-5-15/h6-7,10-11,15-16H,2-5,8-9,12-13H2,1H3,(H,21,25). The van der Waals surface area contributed by atoms with Crippen LogP contribution in [0.25, 0.3) is 11.4 Å². The summed E-state index contributed by atoms with van der Waals surface area (Å²) in [5.41, 5.74) is 0.798. The molecule has 2 aromatic rings. The first-order valence-electron chi connectivity index (χ1n) is 9.79. The molecule has 0 aliphatic heterocycles. The minimum absolute atomic E-state index is 0.0987. The molecular formula is C20H26N4O3. The van der Waals surface area contributed by atoms with Gasteiger partial charge in [0.15, 0.2) is 5.82 Å². The van der Waals surface area contributed by atoms with Gasteiger partial charge in [0, 0.05) is 24.1 Å². The number of aromatic nitrogens is 3. The number of ether oxygens (including phenoxy) is 1. The molecule has 2 fully saturated rings. The average Bonchev–Trinajstić information content (AvgIpc) is 3.26. The lowest BCUT2D eigenvalue weighted by atomic mass is 10.1. The fourth-order valence-electron chi connectivity index (χ4n) is 3.78. The van der Waals surface area contributed by atoms with Crippen molar-refractivity contribution in [3.05, 3.63) is 34.7 Å². The van der Waals surface area contributed by atoms with E-state index in [9.17, 15) is 9.59 Å². The summed E-state index contributed by atoms with van der Waals surface area (Å²) in [5.74, 6) is 1.71. The molecule has 27 heavy (non-hydrogen) atoms. The Labute approximate surface area is 158 Å². The van der Waals surface area contributed by atoms with Crippen LogP contribution in [0, 0.1) is 5.92 Å². The second-order valence-electron chi connectivity index (χ2n) is 7.43. The Morgan fingerprint density at radius 2 is 1.89 bits per heavy atom. The maximum absolute atomic E-state index is 12.8. The minimum Gasteiger partial charge on any atom is -0.497 e. The molecule has 1 amide bonds. The lowest BCUT2D eigenvalue weighted by molar-refractivity contribution is -0.124. The molecule has 0 bridgehead atoms. The van der Waals surface area contributed by atoms with E-state index in [-0.39, 0.29) is 23.6 Å². The molecule has 144 valence electrons. The van der Waals surface area contributed by atoms with Crippen molar-refractivity contribution < 1.29 is 9.53 Å². The molecular weight excluding hydrogens is 344 g/mol. The van der Waals surface area contributed by atoms with Crippen molar-refractivity contribution in [2.24, 2.45) is 5.92 Å². The fraction of sp³-hybridized carbons (Fsp3) is 0.550. The fourth-order valence-corrected chi connectivity index (χ4v) is 3.78. The summed E-state index contributed by atoms with van der Waals surface area (Å²) in [5, 5.41) is 7.53. The second-order valence-corrected chi connectivity index (χ2v) is 7.43. The van der Waals surface area contributed by atoms with Crippen molar-refractivity contribution in [2.45, 2.75) is 51.1 Å². The molecule has 1 heterocycles. The number of nitrogens with zero attached hydrogens (tertiary/aromatic N) is 3. The topological polar surface area (TPSA) is 78.2 Å². The Morgan fingerprint density at radius 3 is 2.52 bits per heavy atom. The van der Waals surface area contributed by atoms with Gasteiger partial charge in [-0.15, -0.1) is 5.10 Å². The largest absolute Gasteiger partial charge is 0.497 e. The van der Waals surface area contributed by atoms with Crippen LogP contribution in [0.3, 0.4) is 0 Å². The van der Waals surface area contributed by atoms with Crippen LogP contribution in [-0.4, -0.2) is 33.9 Å². The molecule has 2 aliphatic rings. The maximum atomic E-state index is 12.8. The number of carbonyl (C=O) groups is 1. The second kappa shape index (κ2) is 7.58. The summed E-state index contributed by atoms with van der Waals surface area (Å²) in [4.78, 5) is 25.0. The zero-order valence-corrected chi connectivity index (χ0v) is 15.7. The van der Waals surface area contributed by atoms with Gasteiger partial charge in [0.1, 0.15) is 5.75 Å². The normalized spacial score (nSPS) is 17.2. The highest BCUT2D eigenvalue weighted by molar-refractivity contribution is 5.78. The van der Waals surface area contributed by atoms with Gasteiger partial charge in [-0.1, -0.05) is 12.8 Å². The van der Waals surface area contributed by atoms with E-state index in [1.165, 1.54) is 4.68 Å². The van der Waals surface area contributed by atoms with Gasteiger partial charge >= 0.3 is 5.69 Å². The van der Waals surface area contributed by atoms with Crippen molar-refractivity contribution in [3.63, 3.8) is 0 Å². The van der Waals surface area contributed by atoms with Gasteiger partial charge in [-0.2, -0.15) is 0 Å². The summed E-state index contributed by atoms with van der Waals surface area (Å²) < 4.78 is 8.48. The first-order valence-corrected chi connectivity index (χ1v) is 9.79. The van der Waals surface area contributed by atoms with E-state index in [2.05, 4.69) is 10.4 Å². The monoisotopic (exact) mass is 370 g/mol. The molecule has 0 atom stereocenters. The quantitative estimate of drug-likeness (QED) is 0.812. The molecule has 2 aliphatic carbocycles. The number of rotatable bonds is 7. The number of nitrogens with one attached hydrogen (secondary N) is 1. The van der Waals surface area contributed by atoms with Crippen LogP contribution in [0.15, 0.2) is 29.1 Å². The molecule has 0 unspecified atom stereocenters. The highest BCUT2D eigenvalue weighted by atomic mass is 16.5. The Morgan fingerprint density at radius 1 is 1.19 bits per heavy atom. The smallest absolute Gasteiger partial charge is 0.346 e. The van der Waals surface area contributed by atoms with Crippen LogP contribution in [0.4, 0.5) is 0 Å². The predicted molar refractivity (Wildman–Crippen MR) is 102 cm³/mol. The number of hydrogen-bond donors (Lipinski definition) is 1. The van der Waals surface area contributed by atoms with Crippen LogP contribution in [0.1, 0.15) is 44.6 Å². The van der Waals surface area contributed by atoms with Gasteiger partial charge in [0.05, 0.1) is 13.7 Å². The van der Waals surface area contributed by atoms with Crippen molar-refractivity contribution in [1.82, 2.24) is 19.7 Å². The summed E-state index contributed by atoms with van der Waals surface area (Å²) in [6.45, 7) is 0.819. The molecule has 7 nitrogen and oxygen atoms in total. The Balaban J connectivity index is 1.49. The molecule has 1 aromatic carbocycles. The van der Waals surface area contributed by atoms with Gasteiger partial charge in [0.2, 0.25) is 5.91 Å². The third-order valence-electron chi connectivity index (χ3n) is 5.48. The molecule has 4 rings (SSSR count). The molecule has 1 aromatic heterocycles. The van der Waals surface area contributed by atoms with Gasteiger partial charge in [-0.25, -0.2) is 9.48 Å². The SMILES string of the molecule is COc1ccc(-c2nn(CCNC(=O)C3CCCC3)c(=O)n2C2CC2)cc1. The van der Waals surface area contributed by atoms with Gasteiger partial charge in [-0.05, 0) is 49.9 Å². The van der Waals surface area contributed by atoms with Crippen LogP contribution in [0.2, 0.25) is 0 Å². The first-order chi connectivity index (χ1) is 13.2. The van der Waals surface area contributed by atoms with Crippen LogP contribution < -0.4 is 15.7 Å². The zero-order valence-electron chi connectivity index (χ0n) is 15.7. The van der Waals surface area contributed by atoms with E-state index in [1.54, 1.807) is 11.7 Å². The van der Waals surface area contributed by atoms with E-state index >= 15 is 0 Å². The van der Waals surface area contributed by atoms with E-state index in [0.29, 0.717) is 18.9 Å². The van der Waals surface area contributed by atoms with Crippen LogP contribution >= 0.6 is 0 Å².